The van der Waals surface area contributed by atoms with Gasteiger partial charge in [0.25, 0.3) is 5.91 Å². The predicted octanol–water partition coefficient (Wildman–Crippen LogP) is 1.80. The quantitative estimate of drug-likeness (QED) is 0.845. The van der Waals surface area contributed by atoms with Crippen molar-refractivity contribution >= 4 is 11.9 Å². The highest BCUT2D eigenvalue weighted by Gasteiger charge is 2.22. The standard InChI is InChI=1S/C15H16N2O4/c1-10-12(9-16-21-10)14(18)17-13(15(19)20)8-7-11-5-3-2-4-6-11/h2-6,9,13H,7-8H2,1H3,(H,17,18)(H,19,20)/t13-/m0/s1. The molecule has 1 atom stereocenters. The van der Waals surface area contributed by atoms with Crippen molar-refractivity contribution in [1.29, 1.82) is 0 Å². The summed E-state index contributed by atoms with van der Waals surface area (Å²) in [6.45, 7) is 1.60. The molecular formula is C15H16N2O4. The number of rotatable bonds is 6. The van der Waals surface area contributed by atoms with Gasteiger partial charge in [-0.2, -0.15) is 0 Å². The molecule has 0 spiro atoms. The lowest BCUT2D eigenvalue weighted by atomic mass is 10.0. The Morgan fingerprint density at radius 3 is 2.62 bits per heavy atom. The van der Waals surface area contributed by atoms with Crippen molar-refractivity contribution in [2.24, 2.45) is 0 Å². The number of benzene rings is 1. The molecule has 6 nitrogen and oxygen atoms in total. The summed E-state index contributed by atoms with van der Waals surface area (Å²) >= 11 is 0. The van der Waals surface area contributed by atoms with Gasteiger partial charge in [-0.1, -0.05) is 35.5 Å². The first-order valence-corrected chi connectivity index (χ1v) is 6.57. The molecule has 0 aliphatic carbocycles. The van der Waals surface area contributed by atoms with E-state index in [-0.39, 0.29) is 5.56 Å². The summed E-state index contributed by atoms with van der Waals surface area (Å²) in [5.41, 5.74) is 1.28. The summed E-state index contributed by atoms with van der Waals surface area (Å²) in [5, 5.41) is 15.2. The lowest BCUT2D eigenvalue weighted by molar-refractivity contribution is -0.139. The van der Waals surface area contributed by atoms with Crippen LogP contribution < -0.4 is 5.32 Å². The Kier molecular flexibility index (Phi) is 4.71. The number of nitrogens with one attached hydrogen (secondary N) is 1. The molecule has 0 saturated heterocycles. The highest BCUT2D eigenvalue weighted by Crippen LogP contribution is 2.09. The highest BCUT2D eigenvalue weighted by molar-refractivity contribution is 5.97. The largest absolute Gasteiger partial charge is 0.480 e. The second-order valence-electron chi connectivity index (χ2n) is 4.68. The maximum Gasteiger partial charge on any atom is 0.326 e. The van der Waals surface area contributed by atoms with E-state index in [0.29, 0.717) is 18.6 Å². The van der Waals surface area contributed by atoms with Crippen LogP contribution in [0.4, 0.5) is 0 Å². The SMILES string of the molecule is Cc1oncc1C(=O)N[C@@H](CCc1ccccc1)C(=O)O. The normalized spacial score (nSPS) is 11.9. The van der Waals surface area contributed by atoms with E-state index in [9.17, 15) is 14.7 Å². The molecule has 21 heavy (non-hydrogen) atoms. The van der Waals surface area contributed by atoms with Crippen molar-refractivity contribution in [2.45, 2.75) is 25.8 Å². The Morgan fingerprint density at radius 2 is 2.05 bits per heavy atom. The molecule has 1 amide bonds. The van der Waals surface area contributed by atoms with Gasteiger partial charge in [0, 0.05) is 0 Å². The molecule has 1 heterocycles. The van der Waals surface area contributed by atoms with Gasteiger partial charge in [-0.15, -0.1) is 0 Å². The molecule has 110 valence electrons. The topological polar surface area (TPSA) is 92.4 Å². The van der Waals surface area contributed by atoms with Crippen LogP contribution in [0.25, 0.3) is 0 Å². The van der Waals surface area contributed by atoms with Gasteiger partial charge in [-0.3, -0.25) is 4.79 Å². The van der Waals surface area contributed by atoms with Gasteiger partial charge in [0.15, 0.2) is 0 Å². The predicted molar refractivity (Wildman–Crippen MR) is 74.9 cm³/mol. The lowest BCUT2D eigenvalue weighted by Gasteiger charge is -2.14. The van der Waals surface area contributed by atoms with Gasteiger partial charge in [0.05, 0.1) is 6.20 Å². The van der Waals surface area contributed by atoms with E-state index < -0.39 is 17.9 Å². The van der Waals surface area contributed by atoms with Gasteiger partial charge in [-0.05, 0) is 25.3 Å². The van der Waals surface area contributed by atoms with Crippen molar-refractivity contribution in [1.82, 2.24) is 10.5 Å². The Labute approximate surface area is 121 Å². The lowest BCUT2D eigenvalue weighted by Crippen LogP contribution is -2.41. The van der Waals surface area contributed by atoms with Crippen LogP contribution in [-0.2, 0) is 11.2 Å². The molecule has 0 saturated carbocycles. The summed E-state index contributed by atoms with van der Waals surface area (Å²) in [6, 6.07) is 8.57. The van der Waals surface area contributed by atoms with Crippen LogP contribution in [0.15, 0.2) is 41.1 Å². The Bertz CT molecular complexity index is 622. The first kappa shape index (κ1) is 14.8. The molecule has 6 heteroatoms. The van der Waals surface area contributed by atoms with Crippen LogP contribution in [0.1, 0.15) is 28.1 Å². The number of aliphatic carboxylic acids is 1. The molecule has 0 aliphatic rings. The van der Waals surface area contributed by atoms with Crippen molar-refractivity contribution in [3.8, 4) is 0 Å². The van der Waals surface area contributed by atoms with Crippen LogP contribution in [0, 0.1) is 6.92 Å². The molecule has 2 N–H and O–H groups in total. The number of carbonyl (C=O) groups is 2. The van der Waals surface area contributed by atoms with E-state index in [1.54, 1.807) is 6.92 Å². The van der Waals surface area contributed by atoms with E-state index >= 15 is 0 Å². The number of hydrogen-bond donors (Lipinski definition) is 2. The zero-order valence-electron chi connectivity index (χ0n) is 11.6. The Balaban J connectivity index is 1.98. The smallest absolute Gasteiger partial charge is 0.326 e. The zero-order chi connectivity index (χ0) is 15.2. The van der Waals surface area contributed by atoms with Crippen LogP contribution in [0.2, 0.25) is 0 Å². The first-order chi connectivity index (χ1) is 10.1. The third-order valence-corrected chi connectivity index (χ3v) is 3.16. The van der Waals surface area contributed by atoms with Gasteiger partial charge in [-0.25, -0.2) is 4.79 Å². The number of carboxylic acids is 1. The molecule has 1 aromatic heterocycles. The molecule has 0 fully saturated rings. The van der Waals surface area contributed by atoms with Crippen molar-refractivity contribution in [3.05, 3.63) is 53.4 Å². The summed E-state index contributed by atoms with van der Waals surface area (Å²) in [4.78, 5) is 23.2. The number of amides is 1. The first-order valence-electron chi connectivity index (χ1n) is 6.57. The fraction of sp³-hybridized carbons (Fsp3) is 0.267. The average molecular weight is 288 g/mol. The minimum Gasteiger partial charge on any atom is -0.480 e. The third-order valence-electron chi connectivity index (χ3n) is 3.16. The summed E-state index contributed by atoms with van der Waals surface area (Å²) in [6.07, 6.45) is 2.16. The summed E-state index contributed by atoms with van der Waals surface area (Å²) in [7, 11) is 0. The molecule has 0 radical (unpaired) electrons. The summed E-state index contributed by atoms with van der Waals surface area (Å²) in [5.74, 6) is -1.19. The number of aryl methyl sites for hydroxylation is 2. The molecule has 1 aromatic carbocycles. The van der Waals surface area contributed by atoms with Gasteiger partial charge < -0.3 is 14.9 Å². The molecule has 0 unspecified atom stereocenters. The molecule has 0 aliphatic heterocycles. The Morgan fingerprint density at radius 1 is 1.33 bits per heavy atom. The molecular weight excluding hydrogens is 272 g/mol. The van der Waals surface area contributed by atoms with E-state index in [1.807, 2.05) is 30.3 Å². The fourth-order valence-electron chi connectivity index (χ4n) is 1.97. The second-order valence-corrected chi connectivity index (χ2v) is 4.68. The maximum atomic E-state index is 12.0. The zero-order valence-corrected chi connectivity index (χ0v) is 11.6. The molecule has 2 rings (SSSR count). The van der Waals surface area contributed by atoms with E-state index in [2.05, 4.69) is 10.5 Å². The van der Waals surface area contributed by atoms with Crippen LogP contribution >= 0.6 is 0 Å². The van der Waals surface area contributed by atoms with Crippen molar-refractivity contribution < 1.29 is 19.2 Å². The number of carbonyl (C=O) groups excluding carboxylic acids is 1. The fourth-order valence-corrected chi connectivity index (χ4v) is 1.97. The number of hydrogen-bond acceptors (Lipinski definition) is 4. The van der Waals surface area contributed by atoms with Gasteiger partial charge in [0.1, 0.15) is 17.4 Å². The maximum absolute atomic E-state index is 12.0. The highest BCUT2D eigenvalue weighted by atomic mass is 16.5. The van der Waals surface area contributed by atoms with Crippen molar-refractivity contribution in [2.75, 3.05) is 0 Å². The van der Waals surface area contributed by atoms with Crippen LogP contribution in [-0.4, -0.2) is 28.2 Å². The monoisotopic (exact) mass is 288 g/mol. The number of carboxylic acid groups (broad SMARTS) is 1. The van der Waals surface area contributed by atoms with Crippen LogP contribution in [0.3, 0.4) is 0 Å². The van der Waals surface area contributed by atoms with E-state index in [0.717, 1.165) is 5.56 Å². The summed E-state index contributed by atoms with van der Waals surface area (Å²) < 4.78 is 4.80. The minimum atomic E-state index is -1.06. The van der Waals surface area contributed by atoms with Crippen molar-refractivity contribution in [3.63, 3.8) is 0 Å². The molecule has 0 bridgehead atoms. The number of nitrogens with zero attached hydrogens (tertiary/aromatic N) is 1. The minimum absolute atomic E-state index is 0.251. The van der Waals surface area contributed by atoms with Gasteiger partial charge in [0.2, 0.25) is 0 Å². The van der Waals surface area contributed by atoms with Crippen LogP contribution in [0.5, 0.6) is 0 Å². The Hall–Kier alpha value is -2.63. The van der Waals surface area contributed by atoms with Gasteiger partial charge >= 0.3 is 5.97 Å². The van der Waals surface area contributed by atoms with E-state index in [4.69, 9.17) is 4.52 Å². The molecule has 2 aromatic rings. The van der Waals surface area contributed by atoms with E-state index in [1.165, 1.54) is 6.20 Å². The third kappa shape index (κ3) is 3.92. The average Bonchev–Trinajstić information content (AvgIpc) is 2.90. The second kappa shape index (κ2) is 6.69. The number of aromatic nitrogens is 1.